The van der Waals surface area contributed by atoms with Gasteiger partial charge in [-0.2, -0.15) is 8.42 Å². The minimum Gasteiger partial charge on any atom is -0.390 e. The van der Waals surface area contributed by atoms with Crippen LogP contribution in [0.1, 0.15) is 13.3 Å². The Balaban J connectivity index is 3.53. The molecule has 0 bridgehead atoms. The topological polar surface area (TPSA) is 83.8 Å². The lowest BCUT2D eigenvalue weighted by Gasteiger charge is -2.08. The van der Waals surface area contributed by atoms with E-state index in [0.717, 1.165) is 6.42 Å². The van der Waals surface area contributed by atoms with Gasteiger partial charge in [0.1, 0.15) is 5.75 Å². The largest absolute Gasteiger partial charge is 0.390 e. The molecule has 0 saturated carbocycles. The van der Waals surface area contributed by atoms with E-state index in [2.05, 4.69) is 0 Å². The standard InChI is InChI=1S/C6H14O5S/c1-2-3-11-4-6(7)5-12(8,9)10/h6-7H,2-5H2,1H3,(H,8,9,10). The van der Waals surface area contributed by atoms with Crippen molar-refractivity contribution < 1.29 is 22.8 Å². The van der Waals surface area contributed by atoms with Crippen LogP contribution in [0.4, 0.5) is 0 Å². The van der Waals surface area contributed by atoms with Gasteiger partial charge in [-0.3, -0.25) is 4.55 Å². The van der Waals surface area contributed by atoms with Crippen LogP contribution in [-0.4, -0.2) is 43.1 Å². The highest BCUT2D eigenvalue weighted by atomic mass is 32.2. The van der Waals surface area contributed by atoms with E-state index < -0.39 is 22.0 Å². The minimum absolute atomic E-state index is 0.0619. The van der Waals surface area contributed by atoms with E-state index >= 15 is 0 Å². The predicted molar refractivity (Wildman–Crippen MR) is 43.5 cm³/mol. The first-order chi connectivity index (χ1) is 5.45. The van der Waals surface area contributed by atoms with Gasteiger partial charge in [0.2, 0.25) is 0 Å². The molecule has 0 aromatic heterocycles. The molecule has 0 aliphatic heterocycles. The van der Waals surface area contributed by atoms with Crippen LogP contribution in [0, 0.1) is 0 Å². The first kappa shape index (κ1) is 11.8. The average Bonchev–Trinajstić information content (AvgIpc) is 1.84. The van der Waals surface area contributed by atoms with Crippen LogP contribution in [-0.2, 0) is 14.9 Å². The highest BCUT2D eigenvalue weighted by molar-refractivity contribution is 7.85. The highest BCUT2D eigenvalue weighted by Gasteiger charge is 2.13. The van der Waals surface area contributed by atoms with Gasteiger partial charge in [0.15, 0.2) is 0 Å². The molecule has 0 aliphatic carbocycles. The zero-order valence-electron chi connectivity index (χ0n) is 6.93. The van der Waals surface area contributed by atoms with E-state index in [1.165, 1.54) is 0 Å². The second-order valence-corrected chi connectivity index (χ2v) is 3.97. The van der Waals surface area contributed by atoms with E-state index in [9.17, 15) is 8.42 Å². The quantitative estimate of drug-likeness (QED) is 0.450. The zero-order valence-corrected chi connectivity index (χ0v) is 7.75. The predicted octanol–water partition coefficient (Wildman–Crippen LogP) is -0.338. The summed E-state index contributed by atoms with van der Waals surface area (Å²) in [7, 11) is -4.09. The van der Waals surface area contributed by atoms with Crippen molar-refractivity contribution in [2.75, 3.05) is 19.0 Å². The van der Waals surface area contributed by atoms with Crippen LogP contribution in [0.2, 0.25) is 0 Å². The van der Waals surface area contributed by atoms with E-state index in [4.69, 9.17) is 14.4 Å². The molecule has 12 heavy (non-hydrogen) atoms. The Hall–Kier alpha value is -0.170. The van der Waals surface area contributed by atoms with Crippen LogP contribution in [0.5, 0.6) is 0 Å². The molecule has 74 valence electrons. The number of hydrogen-bond acceptors (Lipinski definition) is 4. The Morgan fingerprint density at radius 1 is 1.50 bits per heavy atom. The number of rotatable bonds is 6. The van der Waals surface area contributed by atoms with Gasteiger partial charge in [0.05, 0.1) is 12.7 Å². The third kappa shape index (κ3) is 7.93. The molecule has 0 aliphatic rings. The van der Waals surface area contributed by atoms with Crippen LogP contribution < -0.4 is 0 Å². The maximum Gasteiger partial charge on any atom is 0.267 e. The van der Waals surface area contributed by atoms with Crippen molar-refractivity contribution in [1.82, 2.24) is 0 Å². The highest BCUT2D eigenvalue weighted by Crippen LogP contribution is 1.92. The van der Waals surface area contributed by atoms with Gasteiger partial charge in [-0.05, 0) is 6.42 Å². The van der Waals surface area contributed by atoms with Crippen molar-refractivity contribution in [2.45, 2.75) is 19.4 Å². The van der Waals surface area contributed by atoms with Crippen LogP contribution in [0.25, 0.3) is 0 Å². The number of ether oxygens (including phenoxy) is 1. The molecule has 0 amide bonds. The van der Waals surface area contributed by atoms with Crippen molar-refractivity contribution in [1.29, 1.82) is 0 Å². The Morgan fingerprint density at radius 3 is 2.50 bits per heavy atom. The summed E-state index contributed by atoms with van der Waals surface area (Å²) in [5.74, 6) is -0.670. The number of hydrogen-bond donors (Lipinski definition) is 2. The lowest BCUT2D eigenvalue weighted by molar-refractivity contribution is 0.0474. The van der Waals surface area contributed by atoms with Crippen molar-refractivity contribution in [3.8, 4) is 0 Å². The molecule has 1 unspecified atom stereocenters. The van der Waals surface area contributed by atoms with Crippen molar-refractivity contribution in [3.05, 3.63) is 0 Å². The molecule has 5 nitrogen and oxygen atoms in total. The summed E-state index contributed by atoms with van der Waals surface area (Å²) in [6, 6.07) is 0. The van der Waals surface area contributed by atoms with Gasteiger partial charge in [-0.1, -0.05) is 6.92 Å². The Kier molecular flexibility index (Phi) is 5.39. The maximum absolute atomic E-state index is 10.2. The molecule has 0 radical (unpaired) electrons. The smallest absolute Gasteiger partial charge is 0.267 e. The van der Waals surface area contributed by atoms with Crippen molar-refractivity contribution in [2.24, 2.45) is 0 Å². The molecule has 0 rings (SSSR count). The fourth-order valence-electron chi connectivity index (χ4n) is 0.655. The normalized spacial score (nSPS) is 14.6. The molecule has 0 spiro atoms. The van der Waals surface area contributed by atoms with Crippen molar-refractivity contribution in [3.63, 3.8) is 0 Å². The number of aliphatic hydroxyl groups is 1. The summed E-state index contributed by atoms with van der Waals surface area (Å²) in [5.41, 5.74) is 0. The van der Waals surface area contributed by atoms with E-state index in [-0.39, 0.29) is 6.61 Å². The number of aliphatic hydroxyl groups excluding tert-OH is 1. The minimum atomic E-state index is -4.09. The second kappa shape index (κ2) is 5.47. The molecule has 0 heterocycles. The molecule has 0 fully saturated rings. The van der Waals surface area contributed by atoms with E-state index in [1.807, 2.05) is 6.92 Å². The zero-order chi connectivity index (χ0) is 9.61. The first-order valence-corrected chi connectivity index (χ1v) is 5.27. The molecule has 6 heteroatoms. The average molecular weight is 198 g/mol. The van der Waals surface area contributed by atoms with Crippen LogP contribution >= 0.6 is 0 Å². The Bertz CT molecular complexity index is 198. The van der Waals surface area contributed by atoms with Gasteiger partial charge < -0.3 is 9.84 Å². The molecule has 0 saturated heterocycles. The molecule has 1 atom stereocenters. The maximum atomic E-state index is 10.2. The van der Waals surface area contributed by atoms with Gasteiger partial charge in [-0.25, -0.2) is 0 Å². The lowest BCUT2D eigenvalue weighted by atomic mass is 10.4. The Morgan fingerprint density at radius 2 is 2.08 bits per heavy atom. The third-order valence-electron chi connectivity index (χ3n) is 1.06. The van der Waals surface area contributed by atoms with Crippen LogP contribution in [0.15, 0.2) is 0 Å². The summed E-state index contributed by atoms with van der Waals surface area (Å²) in [5, 5.41) is 8.95. The van der Waals surface area contributed by atoms with Crippen LogP contribution in [0.3, 0.4) is 0 Å². The first-order valence-electron chi connectivity index (χ1n) is 3.66. The fraction of sp³-hybridized carbons (Fsp3) is 1.00. The van der Waals surface area contributed by atoms with Gasteiger partial charge in [0, 0.05) is 6.61 Å². The van der Waals surface area contributed by atoms with E-state index in [1.54, 1.807) is 0 Å². The lowest BCUT2D eigenvalue weighted by Crippen LogP contribution is -2.25. The molecule has 0 aromatic carbocycles. The monoisotopic (exact) mass is 198 g/mol. The molecular formula is C6H14O5S. The van der Waals surface area contributed by atoms with Gasteiger partial charge >= 0.3 is 0 Å². The van der Waals surface area contributed by atoms with E-state index in [0.29, 0.717) is 6.61 Å². The SMILES string of the molecule is CCCOCC(O)CS(=O)(=O)O. The summed E-state index contributed by atoms with van der Waals surface area (Å²) >= 11 is 0. The molecule has 2 N–H and O–H groups in total. The van der Waals surface area contributed by atoms with Gasteiger partial charge in [-0.15, -0.1) is 0 Å². The van der Waals surface area contributed by atoms with Crippen molar-refractivity contribution >= 4 is 10.1 Å². The summed E-state index contributed by atoms with van der Waals surface area (Å²) < 4.78 is 33.6. The summed E-state index contributed by atoms with van der Waals surface area (Å²) in [6.07, 6.45) is -0.343. The third-order valence-corrected chi connectivity index (χ3v) is 1.87. The molecular weight excluding hydrogens is 184 g/mol. The fourth-order valence-corrected chi connectivity index (χ4v) is 1.24. The Labute approximate surface area is 72.1 Å². The van der Waals surface area contributed by atoms with Gasteiger partial charge in [0.25, 0.3) is 10.1 Å². The second-order valence-electron chi connectivity index (χ2n) is 2.48. The summed E-state index contributed by atoms with van der Waals surface area (Å²) in [4.78, 5) is 0. The molecule has 0 aromatic rings. The summed E-state index contributed by atoms with van der Waals surface area (Å²) in [6.45, 7) is 2.31.